The summed E-state index contributed by atoms with van der Waals surface area (Å²) in [4.78, 5) is 38.0. The van der Waals surface area contributed by atoms with Gasteiger partial charge in [0.15, 0.2) is 0 Å². The van der Waals surface area contributed by atoms with E-state index in [1.807, 2.05) is 25.1 Å². The lowest BCUT2D eigenvalue weighted by Crippen LogP contribution is -2.29. The number of Topliss-reactive ketones (excluding diaryl/α,β-unsaturated/α-hetero) is 1. The molecule has 8 nitrogen and oxygen atoms in total. The van der Waals surface area contributed by atoms with Gasteiger partial charge < -0.3 is 14.7 Å². The van der Waals surface area contributed by atoms with Gasteiger partial charge in [-0.25, -0.2) is 0 Å². The first-order valence-corrected chi connectivity index (χ1v) is 10.7. The summed E-state index contributed by atoms with van der Waals surface area (Å²) in [5.41, 5.74) is 1.46. The molecule has 1 amide bonds. The molecule has 3 aromatic rings. The Morgan fingerprint density at radius 1 is 1.00 bits per heavy atom. The van der Waals surface area contributed by atoms with Crippen LogP contribution in [0.1, 0.15) is 29.7 Å². The Morgan fingerprint density at radius 3 is 2.24 bits per heavy atom. The van der Waals surface area contributed by atoms with Crippen molar-refractivity contribution in [3.05, 3.63) is 111 Å². The molecule has 1 aliphatic rings. The third-order valence-electron chi connectivity index (χ3n) is 5.59. The Morgan fingerprint density at radius 2 is 1.65 bits per heavy atom. The first-order valence-electron chi connectivity index (χ1n) is 10.7. The lowest BCUT2D eigenvalue weighted by atomic mass is 9.95. The second kappa shape index (κ2) is 9.58. The summed E-state index contributed by atoms with van der Waals surface area (Å²) in [6.07, 6.45) is 0. The maximum absolute atomic E-state index is 13.1. The summed E-state index contributed by atoms with van der Waals surface area (Å²) in [5, 5.41) is 22.0. The Kier molecular flexibility index (Phi) is 6.40. The van der Waals surface area contributed by atoms with Crippen LogP contribution in [0, 0.1) is 10.1 Å². The first kappa shape index (κ1) is 22.7. The molecule has 0 bridgehead atoms. The Labute approximate surface area is 195 Å². The van der Waals surface area contributed by atoms with Gasteiger partial charge in [0.2, 0.25) is 0 Å². The van der Waals surface area contributed by atoms with Crippen molar-refractivity contribution in [3.63, 3.8) is 0 Å². The zero-order chi connectivity index (χ0) is 24.2. The molecule has 0 aromatic heterocycles. The highest BCUT2D eigenvalue weighted by atomic mass is 16.6. The Balaban J connectivity index is 1.76. The largest absolute Gasteiger partial charge is 0.507 e. The van der Waals surface area contributed by atoms with Crippen molar-refractivity contribution in [2.24, 2.45) is 0 Å². The Bertz CT molecular complexity index is 1250. The first-order chi connectivity index (χ1) is 16.4. The quantitative estimate of drug-likeness (QED) is 0.182. The maximum atomic E-state index is 13.1. The number of nitrogens with zero attached hydrogens (tertiary/aromatic N) is 2. The molecule has 4 rings (SSSR count). The number of benzene rings is 3. The molecule has 8 heteroatoms. The van der Waals surface area contributed by atoms with Crippen molar-refractivity contribution in [2.75, 3.05) is 6.61 Å². The molecule has 1 fully saturated rings. The minimum atomic E-state index is -0.817. The van der Waals surface area contributed by atoms with Crippen molar-refractivity contribution in [2.45, 2.75) is 19.5 Å². The minimum absolute atomic E-state index is 0.0593. The van der Waals surface area contributed by atoms with E-state index >= 15 is 0 Å². The minimum Gasteiger partial charge on any atom is -0.507 e. The number of hydrogen-bond donors (Lipinski definition) is 1. The topological polar surface area (TPSA) is 110 Å². The van der Waals surface area contributed by atoms with Crippen molar-refractivity contribution in [3.8, 4) is 5.75 Å². The van der Waals surface area contributed by atoms with Crippen LogP contribution in [-0.4, -0.2) is 33.2 Å². The predicted molar refractivity (Wildman–Crippen MR) is 125 cm³/mol. The number of carbonyl (C=O) groups is 2. The number of nitro groups is 1. The molecule has 1 atom stereocenters. The van der Waals surface area contributed by atoms with Gasteiger partial charge >= 0.3 is 0 Å². The van der Waals surface area contributed by atoms with Crippen molar-refractivity contribution in [1.82, 2.24) is 4.90 Å². The van der Waals surface area contributed by atoms with Gasteiger partial charge in [-0.2, -0.15) is 0 Å². The lowest BCUT2D eigenvalue weighted by molar-refractivity contribution is -0.384. The highest BCUT2D eigenvalue weighted by molar-refractivity contribution is 6.46. The van der Waals surface area contributed by atoms with E-state index in [-0.39, 0.29) is 29.1 Å². The standard InChI is InChI=1S/C26H22N2O6/c1-2-34-21-14-8-17(9-15-21)16-27-23(18-6-4-3-5-7-18)22(25(30)26(27)31)24(29)19-10-12-20(13-11-19)28(32)33/h3-15,23,29H,2,16H2,1H3/b24-22-. The number of carbonyl (C=O) groups excluding carboxylic acids is 2. The summed E-state index contributed by atoms with van der Waals surface area (Å²) in [6, 6.07) is 20.6. The van der Waals surface area contributed by atoms with Crippen LogP contribution in [0.3, 0.4) is 0 Å². The van der Waals surface area contributed by atoms with Crippen LogP contribution in [0.5, 0.6) is 5.75 Å². The number of ketones is 1. The Hall–Kier alpha value is -4.46. The summed E-state index contributed by atoms with van der Waals surface area (Å²) < 4.78 is 5.46. The van der Waals surface area contributed by atoms with Crippen molar-refractivity contribution >= 4 is 23.1 Å². The number of likely N-dealkylation sites (tertiary alicyclic amines) is 1. The molecule has 0 aliphatic carbocycles. The van der Waals surface area contributed by atoms with E-state index in [9.17, 15) is 24.8 Å². The van der Waals surface area contributed by atoms with E-state index in [4.69, 9.17) is 4.74 Å². The van der Waals surface area contributed by atoms with E-state index in [0.29, 0.717) is 17.9 Å². The molecular weight excluding hydrogens is 436 g/mol. The predicted octanol–water partition coefficient (Wildman–Crippen LogP) is 4.62. The van der Waals surface area contributed by atoms with Gasteiger partial charge in [0.05, 0.1) is 23.1 Å². The average Bonchev–Trinajstić information content (AvgIpc) is 3.10. The van der Waals surface area contributed by atoms with Gasteiger partial charge in [-0.1, -0.05) is 42.5 Å². The molecule has 1 heterocycles. The van der Waals surface area contributed by atoms with Crippen LogP contribution in [0.15, 0.2) is 84.4 Å². The van der Waals surface area contributed by atoms with Crippen LogP contribution in [0.4, 0.5) is 5.69 Å². The van der Waals surface area contributed by atoms with Gasteiger partial charge in [-0.05, 0) is 42.3 Å². The molecule has 1 saturated heterocycles. The van der Waals surface area contributed by atoms with Crippen LogP contribution >= 0.6 is 0 Å². The third kappa shape index (κ3) is 4.38. The number of amides is 1. The SMILES string of the molecule is CCOc1ccc(CN2C(=O)C(=O)/C(=C(\O)c3ccc([N+](=O)[O-])cc3)C2c2ccccc2)cc1. The zero-order valence-corrected chi connectivity index (χ0v) is 18.4. The van der Waals surface area contributed by atoms with Crippen LogP contribution in [-0.2, 0) is 16.1 Å². The summed E-state index contributed by atoms with van der Waals surface area (Å²) in [7, 11) is 0. The molecule has 1 aliphatic heterocycles. The van der Waals surface area contributed by atoms with Gasteiger partial charge in [0.1, 0.15) is 11.5 Å². The number of hydrogen-bond acceptors (Lipinski definition) is 6. The number of ether oxygens (including phenoxy) is 1. The second-order valence-corrected chi connectivity index (χ2v) is 7.72. The number of aliphatic hydroxyl groups excluding tert-OH is 1. The fraction of sp³-hybridized carbons (Fsp3) is 0.154. The molecule has 3 aromatic carbocycles. The van der Waals surface area contributed by atoms with Crippen LogP contribution in [0.2, 0.25) is 0 Å². The van der Waals surface area contributed by atoms with E-state index in [2.05, 4.69) is 0 Å². The molecule has 1 N–H and O–H groups in total. The van der Waals surface area contributed by atoms with E-state index < -0.39 is 22.7 Å². The number of aliphatic hydroxyl groups is 1. The number of rotatable bonds is 7. The van der Waals surface area contributed by atoms with Crippen molar-refractivity contribution < 1.29 is 24.4 Å². The zero-order valence-electron chi connectivity index (χ0n) is 18.4. The van der Waals surface area contributed by atoms with Gasteiger partial charge in [-0.3, -0.25) is 19.7 Å². The molecule has 0 saturated carbocycles. The highest BCUT2D eigenvalue weighted by Crippen LogP contribution is 2.40. The lowest BCUT2D eigenvalue weighted by Gasteiger charge is -2.25. The third-order valence-corrected chi connectivity index (χ3v) is 5.59. The number of non-ortho nitro benzene ring substituents is 1. The van der Waals surface area contributed by atoms with E-state index in [1.165, 1.54) is 29.2 Å². The fourth-order valence-electron chi connectivity index (χ4n) is 3.98. The molecular formula is C26H22N2O6. The van der Waals surface area contributed by atoms with Crippen LogP contribution in [0.25, 0.3) is 5.76 Å². The fourth-order valence-corrected chi connectivity index (χ4v) is 3.98. The molecule has 172 valence electrons. The summed E-state index contributed by atoms with van der Waals surface area (Å²) in [5.74, 6) is -1.22. The molecule has 1 unspecified atom stereocenters. The normalized spacial score (nSPS) is 17.1. The summed E-state index contributed by atoms with van der Waals surface area (Å²) in [6.45, 7) is 2.57. The van der Waals surface area contributed by atoms with Gasteiger partial charge in [0, 0.05) is 24.2 Å². The molecule has 0 spiro atoms. The number of nitro benzene ring substituents is 1. The van der Waals surface area contributed by atoms with E-state index in [1.54, 1.807) is 36.4 Å². The summed E-state index contributed by atoms with van der Waals surface area (Å²) >= 11 is 0. The smallest absolute Gasteiger partial charge is 0.295 e. The van der Waals surface area contributed by atoms with Gasteiger partial charge in [0.25, 0.3) is 17.4 Å². The maximum Gasteiger partial charge on any atom is 0.295 e. The second-order valence-electron chi connectivity index (χ2n) is 7.72. The van der Waals surface area contributed by atoms with Crippen molar-refractivity contribution in [1.29, 1.82) is 0 Å². The van der Waals surface area contributed by atoms with Crippen LogP contribution < -0.4 is 4.74 Å². The molecule has 34 heavy (non-hydrogen) atoms. The highest BCUT2D eigenvalue weighted by Gasteiger charge is 2.46. The average molecular weight is 458 g/mol. The van der Waals surface area contributed by atoms with Gasteiger partial charge in [-0.15, -0.1) is 0 Å². The van der Waals surface area contributed by atoms with E-state index in [0.717, 1.165) is 5.56 Å². The molecule has 0 radical (unpaired) electrons. The monoisotopic (exact) mass is 458 g/mol.